The normalized spacial score (nSPS) is 14.4. The molecule has 0 fully saturated rings. The highest BCUT2D eigenvalue weighted by molar-refractivity contribution is 5.29. The second-order valence-corrected chi connectivity index (χ2v) is 4.54. The number of aliphatic hydroxyl groups is 1. The first-order chi connectivity index (χ1) is 7.96. The smallest absolute Gasteiger partial charge is 0.167 e. The second-order valence-electron chi connectivity index (χ2n) is 4.54. The number of hydrogen-bond donors (Lipinski definition) is 2. The molecular formula is C13H20FNO2. The number of ether oxygens (including phenoxy) is 1. The quantitative estimate of drug-likeness (QED) is 0.749. The first kappa shape index (κ1) is 13.9. The van der Waals surface area contributed by atoms with Gasteiger partial charge < -0.3 is 15.6 Å². The number of benzene rings is 1. The van der Waals surface area contributed by atoms with Crippen molar-refractivity contribution in [2.45, 2.75) is 32.3 Å². The van der Waals surface area contributed by atoms with Crippen molar-refractivity contribution in [1.82, 2.24) is 0 Å². The van der Waals surface area contributed by atoms with Gasteiger partial charge in [-0.1, -0.05) is 12.1 Å². The maximum absolute atomic E-state index is 13.5. The third-order valence-electron chi connectivity index (χ3n) is 2.71. The van der Waals surface area contributed by atoms with Gasteiger partial charge >= 0.3 is 0 Å². The summed E-state index contributed by atoms with van der Waals surface area (Å²) in [6.07, 6.45) is 1.18. The van der Waals surface area contributed by atoms with Gasteiger partial charge in [-0.2, -0.15) is 0 Å². The van der Waals surface area contributed by atoms with Gasteiger partial charge in [0, 0.05) is 6.54 Å². The Balaban J connectivity index is 2.39. The Bertz CT molecular complexity index is 366. The largest absolute Gasteiger partial charge is 0.491 e. The van der Waals surface area contributed by atoms with Crippen molar-refractivity contribution in [2.24, 2.45) is 5.73 Å². The van der Waals surface area contributed by atoms with Crippen LogP contribution in [0.1, 0.15) is 25.3 Å². The SMILES string of the molecule is Cc1cccc(OCCCC(C)(O)CN)c1F. The number of nitrogens with two attached hydrogens (primary N) is 1. The molecular weight excluding hydrogens is 221 g/mol. The predicted molar refractivity (Wildman–Crippen MR) is 65.5 cm³/mol. The molecule has 0 aromatic heterocycles. The van der Waals surface area contributed by atoms with E-state index in [1.165, 1.54) is 0 Å². The molecule has 0 aliphatic heterocycles. The monoisotopic (exact) mass is 241 g/mol. The van der Waals surface area contributed by atoms with E-state index in [0.29, 0.717) is 25.0 Å². The number of halogens is 1. The van der Waals surface area contributed by atoms with Crippen LogP contribution >= 0.6 is 0 Å². The fraction of sp³-hybridized carbons (Fsp3) is 0.538. The van der Waals surface area contributed by atoms with E-state index < -0.39 is 5.60 Å². The van der Waals surface area contributed by atoms with Gasteiger partial charge in [-0.3, -0.25) is 0 Å². The Morgan fingerprint density at radius 1 is 1.47 bits per heavy atom. The first-order valence-corrected chi connectivity index (χ1v) is 5.76. The summed E-state index contributed by atoms with van der Waals surface area (Å²) in [6, 6.07) is 5.05. The fourth-order valence-corrected chi connectivity index (χ4v) is 1.47. The van der Waals surface area contributed by atoms with E-state index in [4.69, 9.17) is 10.5 Å². The average Bonchev–Trinajstić information content (AvgIpc) is 2.30. The predicted octanol–water partition coefficient (Wildman–Crippen LogP) is 2.00. The maximum Gasteiger partial charge on any atom is 0.167 e. The van der Waals surface area contributed by atoms with Crippen LogP contribution in [0.3, 0.4) is 0 Å². The van der Waals surface area contributed by atoms with Crippen molar-refractivity contribution in [2.75, 3.05) is 13.2 Å². The molecule has 1 aromatic carbocycles. The number of hydrogen-bond acceptors (Lipinski definition) is 3. The summed E-state index contributed by atoms with van der Waals surface area (Å²) in [6.45, 7) is 3.96. The highest BCUT2D eigenvalue weighted by atomic mass is 19.1. The highest BCUT2D eigenvalue weighted by Crippen LogP contribution is 2.20. The molecule has 0 saturated heterocycles. The minimum atomic E-state index is -0.867. The van der Waals surface area contributed by atoms with Gasteiger partial charge in [-0.15, -0.1) is 0 Å². The molecule has 96 valence electrons. The number of rotatable bonds is 6. The van der Waals surface area contributed by atoms with Crippen LogP contribution in [0.4, 0.5) is 4.39 Å². The Hall–Kier alpha value is -1.13. The first-order valence-electron chi connectivity index (χ1n) is 5.76. The van der Waals surface area contributed by atoms with Crippen LogP contribution in [0.15, 0.2) is 18.2 Å². The molecule has 0 aliphatic carbocycles. The topological polar surface area (TPSA) is 55.5 Å². The van der Waals surface area contributed by atoms with Crippen molar-refractivity contribution < 1.29 is 14.2 Å². The zero-order valence-electron chi connectivity index (χ0n) is 10.4. The van der Waals surface area contributed by atoms with Gasteiger partial charge in [0.2, 0.25) is 0 Å². The van der Waals surface area contributed by atoms with Crippen LogP contribution in [0.5, 0.6) is 5.75 Å². The summed E-state index contributed by atoms with van der Waals surface area (Å²) in [5.74, 6) is -0.0597. The molecule has 0 bridgehead atoms. The Labute approximate surface area is 101 Å². The summed E-state index contributed by atoms with van der Waals surface area (Å²) >= 11 is 0. The lowest BCUT2D eigenvalue weighted by Crippen LogP contribution is -2.34. The van der Waals surface area contributed by atoms with Crippen molar-refractivity contribution in [3.8, 4) is 5.75 Å². The summed E-state index contributed by atoms with van der Waals surface area (Å²) in [5, 5.41) is 9.66. The third-order valence-corrected chi connectivity index (χ3v) is 2.71. The Morgan fingerprint density at radius 3 is 2.82 bits per heavy atom. The zero-order valence-corrected chi connectivity index (χ0v) is 10.4. The Morgan fingerprint density at radius 2 is 2.18 bits per heavy atom. The highest BCUT2D eigenvalue weighted by Gasteiger charge is 2.17. The minimum Gasteiger partial charge on any atom is -0.491 e. The van der Waals surface area contributed by atoms with Gasteiger partial charge in [0.25, 0.3) is 0 Å². The van der Waals surface area contributed by atoms with Gasteiger partial charge in [-0.05, 0) is 38.3 Å². The van der Waals surface area contributed by atoms with Crippen molar-refractivity contribution in [1.29, 1.82) is 0 Å². The van der Waals surface area contributed by atoms with Gasteiger partial charge in [-0.25, -0.2) is 4.39 Å². The molecule has 1 unspecified atom stereocenters. The van der Waals surface area contributed by atoms with E-state index in [1.54, 1.807) is 32.0 Å². The maximum atomic E-state index is 13.5. The third kappa shape index (κ3) is 4.32. The molecule has 0 spiro atoms. The van der Waals surface area contributed by atoms with Gasteiger partial charge in [0.15, 0.2) is 11.6 Å². The Kier molecular flexibility index (Phi) is 4.90. The molecule has 3 nitrogen and oxygen atoms in total. The zero-order chi connectivity index (χ0) is 12.9. The summed E-state index contributed by atoms with van der Waals surface area (Å²) in [4.78, 5) is 0. The molecule has 1 aromatic rings. The molecule has 0 amide bonds. The second kappa shape index (κ2) is 5.98. The van der Waals surface area contributed by atoms with Crippen molar-refractivity contribution >= 4 is 0 Å². The van der Waals surface area contributed by atoms with Crippen LogP contribution in [0, 0.1) is 12.7 Å². The van der Waals surface area contributed by atoms with Crippen LogP contribution in [0.2, 0.25) is 0 Å². The van der Waals surface area contributed by atoms with Crippen molar-refractivity contribution in [3.63, 3.8) is 0 Å². The van der Waals surface area contributed by atoms with Crippen LogP contribution in [-0.4, -0.2) is 23.9 Å². The standard InChI is InChI=1S/C13H20FNO2/c1-10-5-3-6-11(12(10)14)17-8-4-7-13(2,16)9-15/h3,5-6,16H,4,7-9,15H2,1-2H3. The van der Waals surface area contributed by atoms with Gasteiger partial charge in [0.1, 0.15) is 0 Å². The van der Waals surface area contributed by atoms with E-state index in [-0.39, 0.29) is 18.1 Å². The molecule has 1 rings (SSSR count). The molecule has 0 heterocycles. The summed E-state index contributed by atoms with van der Waals surface area (Å²) < 4.78 is 18.9. The lowest BCUT2D eigenvalue weighted by Gasteiger charge is -2.20. The van der Waals surface area contributed by atoms with E-state index >= 15 is 0 Å². The molecule has 17 heavy (non-hydrogen) atoms. The van der Waals surface area contributed by atoms with E-state index in [2.05, 4.69) is 0 Å². The van der Waals surface area contributed by atoms with Crippen LogP contribution in [-0.2, 0) is 0 Å². The molecule has 1 atom stereocenters. The minimum absolute atomic E-state index is 0.214. The van der Waals surface area contributed by atoms with Crippen molar-refractivity contribution in [3.05, 3.63) is 29.6 Å². The molecule has 4 heteroatoms. The summed E-state index contributed by atoms with van der Waals surface area (Å²) in [5.41, 5.74) is 5.09. The molecule has 0 saturated carbocycles. The summed E-state index contributed by atoms with van der Waals surface area (Å²) in [7, 11) is 0. The van der Waals surface area contributed by atoms with E-state index in [0.717, 1.165) is 0 Å². The average molecular weight is 241 g/mol. The lowest BCUT2D eigenvalue weighted by molar-refractivity contribution is 0.0534. The lowest BCUT2D eigenvalue weighted by atomic mass is 10.0. The molecule has 0 radical (unpaired) electrons. The van der Waals surface area contributed by atoms with E-state index in [9.17, 15) is 9.50 Å². The fourth-order valence-electron chi connectivity index (χ4n) is 1.47. The van der Waals surface area contributed by atoms with Gasteiger partial charge in [0.05, 0.1) is 12.2 Å². The molecule has 3 N–H and O–H groups in total. The van der Waals surface area contributed by atoms with E-state index in [1.807, 2.05) is 0 Å². The van der Waals surface area contributed by atoms with Crippen LogP contribution in [0.25, 0.3) is 0 Å². The molecule has 0 aliphatic rings. The number of aryl methyl sites for hydroxylation is 1. The van der Waals surface area contributed by atoms with Crippen LogP contribution < -0.4 is 10.5 Å².